The molecule has 0 spiro atoms. The molecule has 0 aromatic heterocycles. The molecule has 22 heavy (non-hydrogen) atoms. The topological polar surface area (TPSA) is 23.6 Å². The highest BCUT2D eigenvalue weighted by Crippen LogP contribution is 2.27. The van der Waals surface area contributed by atoms with Gasteiger partial charge in [-0.1, -0.05) is 37.0 Å². The second-order valence-electron chi connectivity index (χ2n) is 6.90. The van der Waals surface area contributed by atoms with Gasteiger partial charge in [-0.2, -0.15) is 0 Å². The van der Waals surface area contributed by atoms with Gasteiger partial charge in [0.2, 0.25) is 5.91 Å². The fraction of sp³-hybridized carbons (Fsp3) is 0.632. The predicted octanol–water partition coefficient (Wildman–Crippen LogP) is 3.86. The molecule has 3 nitrogen and oxygen atoms in total. The maximum atomic E-state index is 12.7. The van der Waals surface area contributed by atoms with Gasteiger partial charge in [-0.05, 0) is 51.9 Å². The van der Waals surface area contributed by atoms with Crippen molar-refractivity contribution in [3.05, 3.63) is 29.8 Å². The molecule has 1 aromatic carbocycles. The highest BCUT2D eigenvalue weighted by atomic mass is 16.2. The van der Waals surface area contributed by atoms with Crippen LogP contribution in [0.2, 0.25) is 0 Å². The Kier molecular flexibility index (Phi) is 6.44. The van der Waals surface area contributed by atoms with Gasteiger partial charge in [0.1, 0.15) is 0 Å². The number of carbonyl (C=O) groups excluding carboxylic acids is 1. The van der Waals surface area contributed by atoms with Crippen molar-refractivity contribution in [2.75, 3.05) is 32.1 Å². The van der Waals surface area contributed by atoms with E-state index >= 15 is 0 Å². The number of aryl methyl sites for hydroxylation is 1. The molecule has 0 bridgehead atoms. The first kappa shape index (κ1) is 17.0. The Bertz CT molecular complexity index is 461. The van der Waals surface area contributed by atoms with Crippen LogP contribution in [0.5, 0.6) is 0 Å². The average Bonchev–Trinajstić information content (AvgIpc) is 2.52. The van der Waals surface area contributed by atoms with E-state index in [1.54, 1.807) is 0 Å². The fourth-order valence-corrected chi connectivity index (χ4v) is 3.16. The van der Waals surface area contributed by atoms with E-state index in [0.29, 0.717) is 12.3 Å². The summed E-state index contributed by atoms with van der Waals surface area (Å²) >= 11 is 0. The predicted molar refractivity (Wildman–Crippen MR) is 93.3 cm³/mol. The van der Waals surface area contributed by atoms with Crippen LogP contribution < -0.4 is 4.90 Å². The van der Waals surface area contributed by atoms with Crippen molar-refractivity contribution in [1.29, 1.82) is 0 Å². The van der Waals surface area contributed by atoms with E-state index in [0.717, 1.165) is 18.8 Å². The van der Waals surface area contributed by atoms with Crippen LogP contribution in [0, 0.1) is 12.8 Å². The molecule has 0 N–H and O–H groups in total. The van der Waals surface area contributed by atoms with Crippen LogP contribution in [0.15, 0.2) is 24.3 Å². The summed E-state index contributed by atoms with van der Waals surface area (Å²) < 4.78 is 0. The number of benzene rings is 1. The SMILES string of the molecule is Cc1ccc(N(CC2CCCCC2)C(=O)CCN(C)C)cc1. The van der Waals surface area contributed by atoms with Crippen molar-refractivity contribution in [3.8, 4) is 0 Å². The molecule has 2 rings (SSSR count). The summed E-state index contributed by atoms with van der Waals surface area (Å²) in [6, 6.07) is 8.38. The minimum absolute atomic E-state index is 0.253. The summed E-state index contributed by atoms with van der Waals surface area (Å²) in [6.07, 6.45) is 7.12. The fourth-order valence-electron chi connectivity index (χ4n) is 3.16. The van der Waals surface area contributed by atoms with Crippen LogP contribution in [0.1, 0.15) is 44.1 Å². The van der Waals surface area contributed by atoms with E-state index < -0.39 is 0 Å². The van der Waals surface area contributed by atoms with Gasteiger partial charge in [0.05, 0.1) is 0 Å². The van der Waals surface area contributed by atoms with Gasteiger partial charge in [0.25, 0.3) is 0 Å². The van der Waals surface area contributed by atoms with Gasteiger partial charge in [-0.25, -0.2) is 0 Å². The zero-order chi connectivity index (χ0) is 15.9. The van der Waals surface area contributed by atoms with Crippen LogP contribution in [-0.4, -0.2) is 38.0 Å². The maximum Gasteiger partial charge on any atom is 0.228 e. The largest absolute Gasteiger partial charge is 0.312 e. The number of nitrogens with zero attached hydrogens (tertiary/aromatic N) is 2. The highest BCUT2D eigenvalue weighted by molar-refractivity contribution is 5.93. The molecule has 1 aliphatic rings. The van der Waals surface area contributed by atoms with Gasteiger partial charge in [0.15, 0.2) is 0 Å². The molecule has 0 atom stereocenters. The lowest BCUT2D eigenvalue weighted by Crippen LogP contribution is -2.37. The van der Waals surface area contributed by atoms with E-state index in [1.165, 1.54) is 37.7 Å². The third-order valence-electron chi connectivity index (χ3n) is 4.59. The van der Waals surface area contributed by atoms with Crippen LogP contribution in [0.25, 0.3) is 0 Å². The number of carbonyl (C=O) groups is 1. The summed E-state index contributed by atoms with van der Waals surface area (Å²) in [5.41, 5.74) is 2.29. The second kappa shape index (κ2) is 8.33. The minimum Gasteiger partial charge on any atom is -0.312 e. The summed E-state index contributed by atoms with van der Waals surface area (Å²) in [4.78, 5) is 16.8. The number of hydrogen-bond donors (Lipinski definition) is 0. The monoisotopic (exact) mass is 302 g/mol. The average molecular weight is 302 g/mol. The third kappa shape index (κ3) is 5.13. The molecule has 1 saturated carbocycles. The third-order valence-corrected chi connectivity index (χ3v) is 4.59. The van der Waals surface area contributed by atoms with E-state index in [4.69, 9.17) is 0 Å². The van der Waals surface area contributed by atoms with E-state index in [9.17, 15) is 4.79 Å². The lowest BCUT2D eigenvalue weighted by molar-refractivity contribution is -0.119. The smallest absolute Gasteiger partial charge is 0.228 e. The lowest BCUT2D eigenvalue weighted by Gasteiger charge is -2.30. The molecule has 0 saturated heterocycles. The number of amides is 1. The standard InChI is InChI=1S/C19H30N2O/c1-16-9-11-18(12-10-16)21(19(22)13-14-20(2)3)15-17-7-5-4-6-8-17/h9-12,17H,4-8,13-15H2,1-3H3. The van der Waals surface area contributed by atoms with Gasteiger partial charge in [-0.3, -0.25) is 4.79 Å². The van der Waals surface area contributed by atoms with Crippen molar-refractivity contribution >= 4 is 11.6 Å². The normalized spacial score (nSPS) is 16.0. The highest BCUT2D eigenvalue weighted by Gasteiger charge is 2.22. The molecule has 0 aliphatic heterocycles. The molecule has 1 aromatic rings. The Balaban J connectivity index is 2.08. The number of hydrogen-bond acceptors (Lipinski definition) is 2. The van der Waals surface area contributed by atoms with Crippen LogP contribution >= 0.6 is 0 Å². The second-order valence-corrected chi connectivity index (χ2v) is 6.90. The summed E-state index contributed by atoms with van der Waals surface area (Å²) in [5, 5.41) is 0. The number of rotatable bonds is 6. The summed E-state index contributed by atoms with van der Waals surface area (Å²) in [7, 11) is 4.04. The molecule has 1 aliphatic carbocycles. The Morgan fingerprint density at radius 1 is 1.09 bits per heavy atom. The van der Waals surface area contributed by atoms with Crippen molar-refractivity contribution in [2.45, 2.75) is 45.4 Å². The lowest BCUT2D eigenvalue weighted by atomic mass is 9.88. The van der Waals surface area contributed by atoms with Gasteiger partial charge in [-0.15, -0.1) is 0 Å². The Hall–Kier alpha value is -1.35. The van der Waals surface area contributed by atoms with Crippen molar-refractivity contribution < 1.29 is 4.79 Å². The van der Waals surface area contributed by atoms with Gasteiger partial charge in [0, 0.05) is 25.2 Å². The minimum atomic E-state index is 0.253. The molecular weight excluding hydrogens is 272 g/mol. The van der Waals surface area contributed by atoms with Crippen molar-refractivity contribution in [1.82, 2.24) is 4.90 Å². The van der Waals surface area contributed by atoms with Crippen LogP contribution in [0.4, 0.5) is 5.69 Å². The molecule has 0 unspecified atom stereocenters. The van der Waals surface area contributed by atoms with Gasteiger partial charge >= 0.3 is 0 Å². The first-order chi connectivity index (χ1) is 10.6. The summed E-state index contributed by atoms with van der Waals surface area (Å²) in [6.45, 7) is 3.78. The Morgan fingerprint density at radius 2 is 1.73 bits per heavy atom. The molecule has 3 heteroatoms. The molecule has 122 valence electrons. The quantitative estimate of drug-likeness (QED) is 0.796. The van der Waals surface area contributed by atoms with Crippen LogP contribution in [-0.2, 0) is 4.79 Å². The molecule has 1 fully saturated rings. The molecule has 0 radical (unpaired) electrons. The Morgan fingerprint density at radius 3 is 2.32 bits per heavy atom. The zero-order valence-electron chi connectivity index (χ0n) is 14.3. The first-order valence-electron chi connectivity index (χ1n) is 8.58. The number of anilines is 1. The molecule has 1 amide bonds. The van der Waals surface area contributed by atoms with Gasteiger partial charge < -0.3 is 9.80 Å². The molecular formula is C19H30N2O. The van der Waals surface area contributed by atoms with E-state index in [-0.39, 0.29) is 5.91 Å². The van der Waals surface area contributed by atoms with Crippen LogP contribution in [0.3, 0.4) is 0 Å². The van der Waals surface area contributed by atoms with E-state index in [1.807, 2.05) is 19.0 Å². The maximum absolute atomic E-state index is 12.7. The zero-order valence-corrected chi connectivity index (χ0v) is 14.3. The first-order valence-corrected chi connectivity index (χ1v) is 8.58. The molecule has 0 heterocycles. The van der Waals surface area contributed by atoms with E-state index in [2.05, 4.69) is 36.1 Å². The Labute approximate surface area is 135 Å². The van der Waals surface area contributed by atoms with Crippen molar-refractivity contribution in [2.24, 2.45) is 5.92 Å². The van der Waals surface area contributed by atoms with Crippen molar-refractivity contribution in [3.63, 3.8) is 0 Å². The summed E-state index contributed by atoms with van der Waals surface area (Å²) in [5.74, 6) is 0.918.